The first-order valence-corrected chi connectivity index (χ1v) is 7.04. The van der Waals surface area contributed by atoms with E-state index < -0.39 is 0 Å². The molecule has 0 bridgehead atoms. The molecule has 0 aliphatic carbocycles. The van der Waals surface area contributed by atoms with Crippen molar-refractivity contribution in [1.29, 1.82) is 0 Å². The summed E-state index contributed by atoms with van der Waals surface area (Å²) in [5.74, 6) is 0. The van der Waals surface area contributed by atoms with Gasteiger partial charge in [-0.1, -0.05) is 6.92 Å². The van der Waals surface area contributed by atoms with Crippen molar-refractivity contribution in [2.75, 3.05) is 46.3 Å². The molecule has 1 fully saturated rings. The van der Waals surface area contributed by atoms with Crippen molar-refractivity contribution < 1.29 is 0 Å². The second kappa shape index (κ2) is 6.92. The third-order valence-corrected chi connectivity index (χ3v) is 3.66. The van der Waals surface area contributed by atoms with Gasteiger partial charge in [-0.15, -0.1) is 0 Å². The van der Waals surface area contributed by atoms with Gasteiger partial charge in [-0.05, 0) is 25.2 Å². The summed E-state index contributed by atoms with van der Waals surface area (Å²) >= 11 is 0. The van der Waals surface area contributed by atoms with E-state index in [-0.39, 0.29) is 0 Å². The predicted octanol–water partition coefficient (Wildman–Crippen LogP) is 0.845. The van der Waals surface area contributed by atoms with Crippen molar-refractivity contribution in [2.24, 2.45) is 0 Å². The van der Waals surface area contributed by atoms with Crippen molar-refractivity contribution in [1.82, 2.24) is 19.7 Å². The van der Waals surface area contributed by atoms with Crippen LogP contribution in [-0.4, -0.2) is 60.7 Å². The van der Waals surface area contributed by atoms with E-state index in [0.29, 0.717) is 0 Å². The van der Waals surface area contributed by atoms with E-state index in [1.54, 1.807) is 0 Å². The highest BCUT2D eigenvalue weighted by Gasteiger charge is 2.12. The molecule has 4 heteroatoms. The molecule has 0 aromatic carbocycles. The SMILES string of the molecule is CCNCc1ccn(CCN2CCN(C)CC2)c1. The molecule has 1 aliphatic heterocycles. The Balaban J connectivity index is 1.71. The minimum Gasteiger partial charge on any atom is -0.353 e. The molecule has 0 atom stereocenters. The number of piperazine rings is 1. The predicted molar refractivity (Wildman–Crippen MR) is 75.7 cm³/mol. The van der Waals surface area contributed by atoms with E-state index in [1.807, 2.05) is 0 Å². The second-order valence-electron chi connectivity index (χ2n) is 5.18. The third kappa shape index (κ3) is 4.12. The van der Waals surface area contributed by atoms with Crippen LogP contribution >= 0.6 is 0 Å². The molecule has 2 heterocycles. The Labute approximate surface area is 111 Å². The quantitative estimate of drug-likeness (QED) is 0.809. The molecule has 4 nitrogen and oxygen atoms in total. The number of hydrogen-bond donors (Lipinski definition) is 1. The Hall–Kier alpha value is -0.840. The highest BCUT2D eigenvalue weighted by molar-refractivity contribution is 5.09. The van der Waals surface area contributed by atoms with Crippen LogP contribution in [-0.2, 0) is 13.1 Å². The van der Waals surface area contributed by atoms with Crippen LogP contribution in [0.5, 0.6) is 0 Å². The van der Waals surface area contributed by atoms with Crippen LogP contribution in [0, 0.1) is 0 Å². The molecular weight excluding hydrogens is 224 g/mol. The Bertz CT molecular complexity index is 339. The molecule has 0 spiro atoms. The zero-order valence-corrected chi connectivity index (χ0v) is 11.7. The number of nitrogens with zero attached hydrogens (tertiary/aromatic N) is 3. The average molecular weight is 250 g/mol. The van der Waals surface area contributed by atoms with Crippen LogP contribution in [0.25, 0.3) is 0 Å². The number of aromatic nitrogens is 1. The molecule has 1 aromatic heterocycles. The van der Waals surface area contributed by atoms with Crippen molar-refractivity contribution in [3.05, 3.63) is 24.0 Å². The van der Waals surface area contributed by atoms with Crippen molar-refractivity contribution >= 4 is 0 Å². The van der Waals surface area contributed by atoms with Gasteiger partial charge in [0, 0.05) is 58.2 Å². The highest BCUT2D eigenvalue weighted by Crippen LogP contribution is 2.03. The first-order valence-electron chi connectivity index (χ1n) is 7.04. The van der Waals surface area contributed by atoms with E-state index in [0.717, 1.165) is 19.6 Å². The molecular formula is C14H26N4. The van der Waals surface area contributed by atoms with Crippen molar-refractivity contribution in [2.45, 2.75) is 20.0 Å². The fourth-order valence-electron chi connectivity index (χ4n) is 2.33. The maximum Gasteiger partial charge on any atom is 0.0347 e. The summed E-state index contributed by atoms with van der Waals surface area (Å²) in [5, 5.41) is 3.36. The normalized spacial score (nSPS) is 18.3. The molecule has 1 aromatic rings. The lowest BCUT2D eigenvalue weighted by molar-refractivity contribution is 0.150. The number of hydrogen-bond acceptors (Lipinski definition) is 3. The monoisotopic (exact) mass is 250 g/mol. The summed E-state index contributed by atoms with van der Waals surface area (Å²) in [6.45, 7) is 11.3. The van der Waals surface area contributed by atoms with Crippen LogP contribution in [0.3, 0.4) is 0 Å². The van der Waals surface area contributed by atoms with E-state index in [4.69, 9.17) is 0 Å². The summed E-state index contributed by atoms with van der Waals surface area (Å²) in [6, 6.07) is 2.21. The minimum absolute atomic E-state index is 0.984. The van der Waals surface area contributed by atoms with Crippen molar-refractivity contribution in [3.63, 3.8) is 0 Å². The maximum atomic E-state index is 3.36. The van der Waals surface area contributed by atoms with Gasteiger partial charge in [0.15, 0.2) is 0 Å². The zero-order chi connectivity index (χ0) is 12.8. The third-order valence-electron chi connectivity index (χ3n) is 3.66. The molecule has 18 heavy (non-hydrogen) atoms. The largest absolute Gasteiger partial charge is 0.353 e. The molecule has 1 aliphatic rings. The summed E-state index contributed by atoms with van der Waals surface area (Å²) in [5.41, 5.74) is 1.38. The number of rotatable bonds is 6. The fraction of sp³-hybridized carbons (Fsp3) is 0.714. The minimum atomic E-state index is 0.984. The van der Waals surface area contributed by atoms with Crippen LogP contribution in [0.4, 0.5) is 0 Å². The van der Waals surface area contributed by atoms with Gasteiger partial charge in [0.1, 0.15) is 0 Å². The van der Waals surface area contributed by atoms with Gasteiger partial charge >= 0.3 is 0 Å². The Morgan fingerprint density at radius 1 is 1.17 bits per heavy atom. The van der Waals surface area contributed by atoms with Gasteiger partial charge in [0.2, 0.25) is 0 Å². The molecule has 2 rings (SSSR count). The summed E-state index contributed by atoms with van der Waals surface area (Å²) in [6.07, 6.45) is 4.46. The van der Waals surface area contributed by atoms with E-state index in [2.05, 4.69) is 52.1 Å². The van der Waals surface area contributed by atoms with Crippen LogP contribution in [0.1, 0.15) is 12.5 Å². The topological polar surface area (TPSA) is 23.4 Å². The summed E-state index contributed by atoms with van der Waals surface area (Å²) in [4.78, 5) is 4.96. The van der Waals surface area contributed by atoms with Gasteiger partial charge < -0.3 is 14.8 Å². The molecule has 1 N–H and O–H groups in total. The fourth-order valence-corrected chi connectivity index (χ4v) is 2.33. The molecule has 0 unspecified atom stereocenters. The molecule has 0 amide bonds. The average Bonchev–Trinajstić information content (AvgIpc) is 2.84. The molecule has 0 saturated carbocycles. The highest BCUT2D eigenvalue weighted by atomic mass is 15.2. The van der Waals surface area contributed by atoms with Gasteiger partial charge in [0.25, 0.3) is 0 Å². The lowest BCUT2D eigenvalue weighted by Gasteiger charge is -2.32. The summed E-state index contributed by atoms with van der Waals surface area (Å²) < 4.78 is 2.31. The number of nitrogens with one attached hydrogen (secondary N) is 1. The first kappa shape index (κ1) is 13.6. The smallest absolute Gasteiger partial charge is 0.0347 e. The van der Waals surface area contributed by atoms with Crippen molar-refractivity contribution in [3.8, 4) is 0 Å². The van der Waals surface area contributed by atoms with E-state index in [1.165, 1.54) is 38.3 Å². The zero-order valence-electron chi connectivity index (χ0n) is 11.7. The number of likely N-dealkylation sites (N-methyl/N-ethyl adjacent to an activating group) is 1. The molecule has 0 radical (unpaired) electrons. The van der Waals surface area contributed by atoms with Gasteiger partial charge in [-0.25, -0.2) is 0 Å². The molecule has 102 valence electrons. The Kier molecular flexibility index (Phi) is 5.23. The standard InChI is InChI=1S/C14H26N4/c1-3-15-12-14-4-5-18(13-14)11-10-17-8-6-16(2)7-9-17/h4-5,13,15H,3,6-12H2,1-2H3. The lowest BCUT2D eigenvalue weighted by Crippen LogP contribution is -2.45. The Morgan fingerprint density at radius 3 is 2.67 bits per heavy atom. The van der Waals surface area contributed by atoms with E-state index >= 15 is 0 Å². The van der Waals surface area contributed by atoms with Crippen LogP contribution in [0.2, 0.25) is 0 Å². The van der Waals surface area contributed by atoms with Gasteiger partial charge in [-0.3, -0.25) is 4.90 Å². The first-order chi connectivity index (χ1) is 8.78. The van der Waals surface area contributed by atoms with Crippen LogP contribution < -0.4 is 5.32 Å². The summed E-state index contributed by atoms with van der Waals surface area (Å²) in [7, 11) is 2.20. The molecule has 1 saturated heterocycles. The lowest BCUT2D eigenvalue weighted by atomic mass is 10.3. The van der Waals surface area contributed by atoms with E-state index in [9.17, 15) is 0 Å². The maximum absolute atomic E-state index is 3.36. The van der Waals surface area contributed by atoms with Crippen LogP contribution in [0.15, 0.2) is 18.5 Å². The van der Waals surface area contributed by atoms with Gasteiger partial charge in [0.05, 0.1) is 0 Å². The van der Waals surface area contributed by atoms with Gasteiger partial charge in [-0.2, -0.15) is 0 Å². The second-order valence-corrected chi connectivity index (χ2v) is 5.18. The Morgan fingerprint density at radius 2 is 1.94 bits per heavy atom.